The summed E-state index contributed by atoms with van der Waals surface area (Å²) in [6, 6.07) is 4.72. The van der Waals surface area contributed by atoms with Crippen molar-refractivity contribution >= 4 is 17.6 Å². The molecule has 0 fully saturated rings. The number of hydrogen-bond acceptors (Lipinski definition) is 4. The Labute approximate surface area is 90.7 Å². The van der Waals surface area contributed by atoms with E-state index in [-0.39, 0.29) is 10.6 Å². The Morgan fingerprint density at radius 2 is 2.27 bits per heavy atom. The van der Waals surface area contributed by atoms with Crippen LogP contribution in [-0.4, -0.2) is 11.1 Å². The smallest absolute Gasteiger partial charge is 0.262 e. The maximum Gasteiger partial charge on any atom is 0.335 e. The lowest BCUT2D eigenvalue weighted by Crippen LogP contribution is -2.11. The van der Waals surface area contributed by atoms with Crippen molar-refractivity contribution in [1.29, 1.82) is 0 Å². The maximum atomic E-state index is 11.2. The molecule has 5 nitrogen and oxygen atoms in total. The average molecular weight is 230 g/mol. The van der Waals surface area contributed by atoms with Crippen LogP contribution in [0.3, 0.4) is 0 Å². The van der Waals surface area contributed by atoms with Crippen molar-refractivity contribution in [3.8, 4) is 0 Å². The van der Waals surface area contributed by atoms with Gasteiger partial charge in [0.25, 0.3) is 0 Å². The Kier molecular flexibility index (Phi) is 3.62. The van der Waals surface area contributed by atoms with Crippen molar-refractivity contribution in [3.63, 3.8) is 0 Å². The highest BCUT2D eigenvalue weighted by molar-refractivity contribution is 6.34. The predicted molar refractivity (Wildman–Crippen MR) is 53.2 cm³/mol. The second-order valence-electron chi connectivity index (χ2n) is 2.73. The number of aryl methyl sites for hydroxylation is 1. The fraction of sp³-hybridized carbons (Fsp3) is 0.222. The standard InChI is InChI=1S/C9H8ClNO4/c1-2-6-4-3-5-7(8(6)10)9(12)15-11(13)14/h3-5H,2H2,1H3. The molecule has 0 heterocycles. The van der Waals surface area contributed by atoms with Gasteiger partial charge in [-0.25, -0.2) is 4.84 Å². The molecular weight excluding hydrogens is 222 g/mol. The van der Waals surface area contributed by atoms with Gasteiger partial charge in [0.15, 0.2) is 0 Å². The molecule has 0 saturated carbocycles. The summed E-state index contributed by atoms with van der Waals surface area (Å²) >= 11 is 5.86. The van der Waals surface area contributed by atoms with Gasteiger partial charge in [-0.15, -0.1) is 10.1 Å². The molecule has 1 aromatic carbocycles. The largest absolute Gasteiger partial charge is 0.335 e. The second-order valence-corrected chi connectivity index (χ2v) is 3.11. The molecule has 15 heavy (non-hydrogen) atoms. The number of benzene rings is 1. The first kappa shape index (κ1) is 11.5. The molecule has 0 amide bonds. The van der Waals surface area contributed by atoms with Gasteiger partial charge in [-0.1, -0.05) is 30.7 Å². The molecule has 0 aliphatic carbocycles. The fourth-order valence-corrected chi connectivity index (χ4v) is 1.46. The van der Waals surface area contributed by atoms with Crippen molar-refractivity contribution < 1.29 is 14.7 Å². The van der Waals surface area contributed by atoms with Gasteiger partial charge in [0, 0.05) is 0 Å². The topological polar surface area (TPSA) is 69.4 Å². The van der Waals surface area contributed by atoms with E-state index < -0.39 is 11.1 Å². The second kappa shape index (κ2) is 4.75. The maximum absolute atomic E-state index is 11.2. The zero-order valence-corrected chi connectivity index (χ0v) is 8.65. The first-order chi connectivity index (χ1) is 7.06. The Balaban J connectivity index is 3.04. The van der Waals surface area contributed by atoms with Crippen LogP contribution in [0.25, 0.3) is 0 Å². The van der Waals surface area contributed by atoms with E-state index in [0.717, 1.165) is 5.56 Å². The minimum Gasteiger partial charge on any atom is -0.262 e. The van der Waals surface area contributed by atoms with E-state index in [1.807, 2.05) is 6.92 Å². The number of halogens is 1. The van der Waals surface area contributed by atoms with Crippen LogP contribution in [0.5, 0.6) is 0 Å². The van der Waals surface area contributed by atoms with E-state index >= 15 is 0 Å². The lowest BCUT2D eigenvalue weighted by Gasteiger charge is -2.05. The van der Waals surface area contributed by atoms with Gasteiger partial charge < -0.3 is 0 Å². The Bertz CT molecular complexity index is 405. The van der Waals surface area contributed by atoms with Crippen molar-refractivity contribution in [3.05, 3.63) is 44.5 Å². The molecule has 0 atom stereocenters. The van der Waals surface area contributed by atoms with E-state index in [9.17, 15) is 14.9 Å². The van der Waals surface area contributed by atoms with Gasteiger partial charge in [0.05, 0.1) is 10.6 Å². The molecule has 0 N–H and O–H groups in total. The molecule has 1 aromatic rings. The monoisotopic (exact) mass is 229 g/mol. The SMILES string of the molecule is CCc1cccc(C(=O)O[N+](=O)[O-])c1Cl. The molecular formula is C9H8ClNO4. The van der Waals surface area contributed by atoms with Crippen molar-refractivity contribution in [1.82, 2.24) is 0 Å². The Morgan fingerprint density at radius 1 is 1.60 bits per heavy atom. The van der Waals surface area contributed by atoms with Crippen molar-refractivity contribution in [2.45, 2.75) is 13.3 Å². The van der Waals surface area contributed by atoms with Crippen LogP contribution in [0.15, 0.2) is 18.2 Å². The summed E-state index contributed by atoms with van der Waals surface area (Å²) in [7, 11) is 0. The van der Waals surface area contributed by atoms with E-state index in [4.69, 9.17) is 11.6 Å². The molecule has 80 valence electrons. The summed E-state index contributed by atoms with van der Waals surface area (Å²) in [6.45, 7) is 1.86. The van der Waals surface area contributed by atoms with Crippen LogP contribution >= 0.6 is 11.6 Å². The zero-order valence-electron chi connectivity index (χ0n) is 7.90. The molecule has 0 saturated heterocycles. The number of carbonyl (C=O) groups is 1. The highest BCUT2D eigenvalue weighted by atomic mass is 35.5. The third kappa shape index (κ3) is 2.66. The molecule has 0 bridgehead atoms. The highest BCUT2D eigenvalue weighted by Gasteiger charge is 2.15. The first-order valence-corrected chi connectivity index (χ1v) is 4.58. The molecule has 0 aliphatic rings. The summed E-state index contributed by atoms with van der Waals surface area (Å²) < 4.78 is 0. The predicted octanol–water partition coefficient (Wildman–Crippen LogP) is 2.25. The van der Waals surface area contributed by atoms with Gasteiger partial charge >= 0.3 is 11.1 Å². The third-order valence-electron chi connectivity index (χ3n) is 1.84. The zero-order chi connectivity index (χ0) is 11.4. The Hall–Kier alpha value is -1.62. The number of rotatable bonds is 3. The quantitative estimate of drug-likeness (QED) is 0.589. The van der Waals surface area contributed by atoms with Gasteiger partial charge in [-0.2, -0.15) is 0 Å². The molecule has 0 unspecified atom stereocenters. The van der Waals surface area contributed by atoms with Crippen molar-refractivity contribution in [2.24, 2.45) is 0 Å². The summed E-state index contributed by atoms with van der Waals surface area (Å²) in [5.41, 5.74) is 0.752. The lowest BCUT2D eigenvalue weighted by molar-refractivity contribution is -0.727. The van der Waals surface area contributed by atoms with Gasteiger partial charge in [-0.05, 0) is 18.1 Å². The minimum absolute atomic E-state index is 0.00715. The van der Waals surface area contributed by atoms with Crippen LogP contribution in [0, 0.1) is 10.1 Å². The number of nitrogens with zero attached hydrogens (tertiary/aromatic N) is 1. The normalized spacial score (nSPS) is 9.73. The molecule has 0 radical (unpaired) electrons. The summed E-state index contributed by atoms with van der Waals surface area (Å²) in [5, 5.41) is 9.01. The van der Waals surface area contributed by atoms with Crippen LogP contribution in [0.4, 0.5) is 0 Å². The average Bonchev–Trinajstić information content (AvgIpc) is 2.17. The van der Waals surface area contributed by atoms with Crippen LogP contribution < -0.4 is 0 Å². The Morgan fingerprint density at radius 3 is 2.80 bits per heavy atom. The first-order valence-electron chi connectivity index (χ1n) is 4.20. The summed E-state index contributed by atoms with van der Waals surface area (Å²) in [6.07, 6.45) is 0.637. The lowest BCUT2D eigenvalue weighted by atomic mass is 10.1. The van der Waals surface area contributed by atoms with E-state index in [2.05, 4.69) is 4.84 Å². The molecule has 0 aromatic heterocycles. The molecule has 1 rings (SSSR count). The number of hydrogen-bond donors (Lipinski definition) is 0. The van der Waals surface area contributed by atoms with Gasteiger partial charge in [0.1, 0.15) is 0 Å². The number of carbonyl (C=O) groups excluding carboxylic acids is 1. The van der Waals surface area contributed by atoms with Gasteiger partial charge in [0.2, 0.25) is 0 Å². The van der Waals surface area contributed by atoms with Gasteiger partial charge in [-0.3, -0.25) is 4.79 Å². The van der Waals surface area contributed by atoms with Crippen LogP contribution in [0.2, 0.25) is 5.02 Å². The van der Waals surface area contributed by atoms with Crippen LogP contribution in [-0.2, 0) is 11.3 Å². The van der Waals surface area contributed by atoms with Crippen LogP contribution in [0.1, 0.15) is 22.8 Å². The third-order valence-corrected chi connectivity index (χ3v) is 2.28. The molecule has 6 heteroatoms. The minimum atomic E-state index is -1.16. The molecule has 0 spiro atoms. The van der Waals surface area contributed by atoms with Crippen molar-refractivity contribution in [2.75, 3.05) is 0 Å². The fourth-order valence-electron chi connectivity index (χ4n) is 1.13. The summed E-state index contributed by atoms with van der Waals surface area (Å²) in [4.78, 5) is 25.0. The molecule has 0 aliphatic heterocycles. The van der Waals surface area contributed by atoms with E-state index in [1.165, 1.54) is 6.07 Å². The van der Waals surface area contributed by atoms with E-state index in [1.54, 1.807) is 12.1 Å². The van der Waals surface area contributed by atoms with E-state index in [0.29, 0.717) is 6.42 Å². The summed E-state index contributed by atoms with van der Waals surface area (Å²) in [5.74, 6) is -1.06. The highest BCUT2D eigenvalue weighted by Crippen LogP contribution is 2.22.